The minimum Gasteiger partial charge on any atom is -0.391 e. The molecule has 1 saturated carbocycles. The fourth-order valence-corrected chi connectivity index (χ4v) is 2.38. The number of aliphatic hydroxyl groups is 1. The minimum atomic E-state index is -4.59. The maximum Gasteiger partial charge on any atom is 0.433 e. The van der Waals surface area contributed by atoms with E-state index in [1.165, 1.54) is 0 Å². The molecule has 0 aliphatic heterocycles. The molecule has 0 spiro atoms. The summed E-state index contributed by atoms with van der Waals surface area (Å²) in [6.45, 7) is 0. The van der Waals surface area contributed by atoms with Crippen LogP contribution in [0.1, 0.15) is 37.8 Å². The highest BCUT2D eigenvalue weighted by Crippen LogP contribution is 2.30. The fourth-order valence-electron chi connectivity index (χ4n) is 2.38. The molecule has 0 saturated heterocycles. The summed E-state index contributed by atoms with van der Waals surface area (Å²) in [5.74, 6) is 4.77. The van der Waals surface area contributed by atoms with Crippen molar-refractivity contribution in [3.05, 3.63) is 11.8 Å². The molecule has 6 nitrogen and oxygen atoms in total. The van der Waals surface area contributed by atoms with E-state index in [1.54, 1.807) is 0 Å². The number of rotatable bonds is 3. The number of aromatic nitrogens is 2. The molecule has 1 heterocycles. The summed E-state index contributed by atoms with van der Waals surface area (Å²) in [6, 6.07) is 0.493. The van der Waals surface area contributed by atoms with Gasteiger partial charge in [0.15, 0.2) is 5.69 Å². The SMILES string of the molecule is NNc1nc(NC2CCCCCC2O)cc(C(F)(F)F)n1. The number of nitrogens with zero attached hydrogens (tertiary/aromatic N) is 2. The smallest absolute Gasteiger partial charge is 0.391 e. The van der Waals surface area contributed by atoms with E-state index in [0.717, 1.165) is 25.3 Å². The predicted octanol–water partition coefficient (Wildman–Crippen LogP) is 1.89. The topological polar surface area (TPSA) is 96.1 Å². The number of hydrogen-bond acceptors (Lipinski definition) is 6. The van der Waals surface area contributed by atoms with Crippen molar-refractivity contribution in [1.82, 2.24) is 9.97 Å². The van der Waals surface area contributed by atoms with Crippen molar-refractivity contribution in [3.8, 4) is 0 Å². The lowest BCUT2D eigenvalue weighted by Gasteiger charge is -2.22. The van der Waals surface area contributed by atoms with Crippen LogP contribution in [0.3, 0.4) is 0 Å². The Bertz CT molecular complexity index is 482. The highest BCUT2D eigenvalue weighted by molar-refractivity contribution is 5.43. The van der Waals surface area contributed by atoms with E-state index >= 15 is 0 Å². The van der Waals surface area contributed by atoms with Gasteiger partial charge < -0.3 is 10.4 Å². The van der Waals surface area contributed by atoms with Crippen LogP contribution in [-0.2, 0) is 6.18 Å². The number of hydrogen-bond donors (Lipinski definition) is 4. The van der Waals surface area contributed by atoms with E-state index in [2.05, 4.69) is 15.3 Å². The van der Waals surface area contributed by atoms with Crippen LogP contribution in [0.4, 0.5) is 24.9 Å². The van der Waals surface area contributed by atoms with E-state index in [1.807, 2.05) is 5.43 Å². The third-order valence-corrected chi connectivity index (χ3v) is 3.46. The molecule has 5 N–H and O–H groups in total. The van der Waals surface area contributed by atoms with Crippen LogP contribution in [0.5, 0.6) is 0 Å². The quantitative estimate of drug-likeness (QED) is 0.387. The average Bonchev–Trinajstić information content (AvgIpc) is 2.63. The predicted molar refractivity (Wildman–Crippen MR) is 71.3 cm³/mol. The zero-order valence-corrected chi connectivity index (χ0v) is 11.3. The molecule has 1 aliphatic rings. The van der Waals surface area contributed by atoms with Gasteiger partial charge in [-0.3, -0.25) is 5.43 Å². The third kappa shape index (κ3) is 4.18. The Morgan fingerprint density at radius 2 is 1.90 bits per heavy atom. The maximum absolute atomic E-state index is 12.8. The molecule has 0 bridgehead atoms. The molecule has 2 rings (SSSR count). The van der Waals surface area contributed by atoms with Gasteiger partial charge in [0.1, 0.15) is 5.82 Å². The number of anilines is 2. The van der Waals surface area contributed by atoms with Crippen LogP contribution in [0.2, 0.25) is 0 Å². The van der Waals surface area contributed by atoms with Gasteiger partial charge in [0.05, 0.1) is 12.1 Å². The summed E-state index contributed by atoms with van der Waals surface area (Å²) < 4.78 is 38.3. The molecule has 0 radical (unpaired) electrons. The molecular formula is C12H18F3N5O. The summed E-state index contributed by atoms with van der Waals surface area (Å²) in [5, 5.41) is 12.9. The molecule has 0 amide bonds. The van der Waals surface area contributed by atoms with Crippen LogP contribution in [0, 0.1) is 0 Å². The first-order valence-electron chi connectivity index (χ1n) is 6.77. The minimum absolute atomic E-state index is 0.00350. The van der Waals surface area contributed by atoms with Crippen molar-refractivity contribution in [2.75, 3.05) is 10.7 Å². The van der Waals surface area contributed by atoms with Crippen molar-refractivity contribution >= 4 is 11.8 Å². The molecule has 1 aliphatic carbocycles. The second kappa shape index (κ2) is 6.44. The van der Waals surface area contributed by atoms with Crippen molar-refractivity contribution < 1.29 is 18.3 Å². The summed E-state index contributed by atoms with van der Waals surface area (Å²) in [4.78, 5) is 7.13. The van der Waals surface area contributed by atoms with E-state index < -0.39 is 18.0 Å². The second-order valence-corrected chi connectivity index (χ2v) is 5.06. The van der Waals surface area contributed by atoms with Gasteiger partial charge in [-0.15, -0.1) is 0 Å². The first-order chi connectivity index (χ1) is 9.90. The molecule has 1 fully saturated rings. The van der Waals surface area contributed by atoms with Crippen LogP contribution < -0.4 is 16.6 Å². The molecule has 21 heavy (non-hydrogen) atoms. The van der Waals surface area contributed by atoms with Crippen LogP contribution >= 0.6 is 0 Å². The van der Waals surface area contributed by atoms with Gasteiger partial charge in [-0.25, -0.2) is 10.8 Å². The number of hydrazine groups is 1. The Labute approximate surface area is 119 Å². The zero-order chi connectivity index (χ0) is 15.5. The van der Waals surface area contributed by atoms with E-state index in [9.17, 15) is 18.3 Å². The Balaban J connectivity index is 2.22. The largest absolute Gasteiger partial charge is 0.433 e. The van der Waals surface area contributed by atoms with Crippen LogP contribution in [0.15, 0.2) is 6.07 Å². The summed E-state index contributed by atoms with van der Waals surface area (Å²) >= 11 is 0. The zero-order valence-electron chi connectivity index (χ0n) is 11.3. The van der Waals surface area contributed by atoms with Gasteiger partial charge in [-0.2, -0.15) is 18.2 Å². The standard InChI is InChI=1S/C12H18F3N5O/c13-12(14,15)9-6-10(19-11(18-9)20-16)17-7-4-2-1-3-5-8(7)21/h6-8,21H,1-5,16H2,(H2,17,18,19,20). The van der Waals surface area contributed by atoms with Gasteiger partial charge >= 0.3 is 6.18 Å². The molecule has 118 valence electrons. The highest BCUT2D eigenvalue weighted by atomic mass is 19.4. The molecule has 9 heteroatoms. The number of nitrogens with two attached hydrogens (primary N) is 1. The molecular weight excluding hydrogens is 287 g/mol. The first kappa shape index (κ1) is 15.8. The lowest BCUT2D eigenvalue weighted by atomic mass is 10.1. The van der Waals surface area contributed by atoms with Crippen molar-refractivity contribution in [1.29, 1.82) is 0 Å². The molecule has 2 atom stereocenters. The molecule has 1 aromatic heterocycles. The fraction of sp³-hybridized carbons (Fsp3) is 0.667. The average molecular weight is 305 g/mol. The molecule has 2 unspecified atom stereocenters. The van der Waals surface area contributed by atoms with E-state index in [4.69, 9.17) is 5.84 Å². The van der Waals surface area contributed by atoms with E-state index in [-0.39, 0.29) is 17.8 Å². The van der Waals surface area contributed by atoms with Crippen molar-refractivity contribution in [2.45, 2.75) is 50.4 Å². The number of alkyl halides is 3. The Morgan fingerprint density at radius 3 is 2.57 bits per heavy atom. The van der Waals surface area contributed by atoms with E-state index in [0.29, 0.717) is 12.8 Å². The molecule has 1 aromatic rings. The van der Waals surface area contributed by atoms with Gasteiger partial charge in [0.2, 0.25) is 5.95 Å². The second-order valence-electron chi connectivity index (χ2n) is 5.06. The van der Waals surface area contributed by atoms with Crippen LogP contribution in [0.25, 0.3) is 0 Å². The van der Waals surface area contributed by atoms with Crippen molar-refractivity contribution in [2.24, 2.45) is 5.84 Å². The first-order valence-corrected chi connectivity index (χ1v) is 6.77. The normalized spacial score (nSPS) is 23.5. The van der Waals surface area contributed by atoms with Gasteiger partial charge in [-0.1, -0.05) is 19.3 Å². The van der Waals surface area contributed by atoms with Crippen LogP contribution in [-0.4, -0.2) is 27.2 Å². The Hall–Kier alpha value is -1.61. The third-order valence-electron chi connectivity index (χ3n) is 3.46. The number of aliphatic hydroxyl groups excluding tert-OH is 1. The monoisotopic (exact) mass is 305 g/mol. The lowest BCUT2D eigenvalue weighted by molar-refractivity contribution is -0.141. The summed E-state index contributed by atoms with van der Waals surface area (Å²) in [6.07, 6.45) is -1.07. The Morgan fingerprint density at radius 1 is 1.19 bits per heavy atom. The van der Waals surface area contributed by atoms with Crippen molar-refractivity contribution in [3.63, 3.8) is 0 Å². The Kier molecular flexibility index (Phi) is 4.84. The molecule has 0 aromatic carbocycles. The lowest BCUT2D eigenvalue weighted by Crippen LogP contribution is -2.33. The number of nitrogen functional groups attached to an aromatic ring is 1. The van der Waals surface area contributed by atoms with Gasteiger partial charge in [-0.05, 0) is 12.8 Å². The van der Waals surface area contributed by atoms with Gasteiger partial charge in [0.25, 0.3) is 0 Å². The van der Waals surface area contributed by atoms with Gasteiger partial charge in [0, 0.05) is 6.07 Å². The number of halogens is 3. The number of nitrogens with one attached hydrogen (secondary N) is 2. The summed E-state index contributed by atoms with van der Waals surface area (Å²) in [5.41, 5.74) is 0.929. The maximum atomic E-state index is 12.8. The summed E-state index contributed by atoms with van der Waals surface area (Å²) in [7, 11) is 0. The highest BCUT2D eigenvalue weighted by Gasteiger charge is 2.34.